The molecule has 4 atom stereocenters. The van der Waals surface area contributed by atoms with Crippen LogP contribution in [0.3, 0.4) is 0 Å². The van der Waals surface area contributed by atoms with E-state index in [2.05, 4.69) is 5.32 Å². The number of likely N-dealkylation sites (N-methyl/N-ethyl adjacent to an activating group) is 1. The molecule has 0 saturated heterocycles. The number of carbonyl (C=O) groups is 3. The highest BCUT2D eigenvalue weighted by Crippen LogP contribution is 2.59. The maximum absolute atomic E-state index is 14.6. The van der Waals surface area contributed by atoms with Crippen LogP contribution >= 0.6 is 0 Å². The van der Waals surface area contributed by atoms with E-state index in [0.717, 1.165) is 5.56 Å². The molecule has 0 unspecified atom stereocenters. The van der Waals surface area contributed by atoms with Gasteiger partial charge >= 0.3 is 0 Å². The number of aliphatic hydroxyl groups excluding tert-OH is 2. The Balaban J connectivity index is 1.81. The minimum Gasteiger partial charge on any atom is -0.509 e. The standard InChI is InChI=1S/C33H38N6O7/c1-15(2)38-12-16-6-9-21(46-5)18(10-16)17-7-8-20(40)22-19(17)11-31(36)13-33(37)27(39(3)4)26(42)23(30(35)45)28(43)32(33,14-34)29(44)24(31)25(22)41/h6-10,15,27,38,40-41,43H,11-13,36-37H2,1-5H3,(H2,35,45)/t27-,31-,32+,33-/m1/s1. The number of rotatable bonds is 7. The lowest BCUT2D eigenvalue weighted by atomic mass is 9.47. The monoisotopic (exact) mass is 630 g/mol. The molecule has 5 rings (SSSR count). The summed E-state index contributed by atoms with van der Waals surface area (Å²) in [5.74, 6) is -5.30. The zero-order valence-electron chi connectivity index (χ0n) is 26.3. The van der Waals surface area contributed by atoms with E-state index in [9.17, 15) is 35.0 Å². The number of amides is 1. The summed E-state index contributed by atoms with van der Waals surface area (Å²) < 4.78 is 5.67. The predicted octanol–water partition coefficient (Wildman–Crippen LogP) is 1.08. The molecule has 1 fully saturated rings. The molecular weight excluding hydrogens is 592 g/mol. The molecule has 1 saturated carbocycles. The molecule has 2 aromatic rings. The molecule has 0 aromatic heterocycles. The van der Waals surface area contributed by atoms with Crippen molar-refractivity contribution in [2.75, 3.05) is 21.2 Å². The molecule has 3 aliphatic carbocycles. The average Bonchev–Trinajstić information content (AvgIpc) is 2.95. The van der Waals surface area contributed by atoms with E-state index in [-0.39, 0.29) is 23.8 Å². The minimum atomic E-state index is -2.72. The Kier molecular flexibility index (Phi) is 7.78. The van der Waals surface area contributed by atoms with Gasteiger partial charge in [-0.1, -0.05) is 26.0 Å². The molecule has 10 N–H and O–H groups in total. The number of Topliss-reactive ketones (excluding diaryl/α,β-unsaturated/α-hetero) is 2. The zero-order chi connectivity index (χ0) is 34.1. The second-order valence-electron chi connectivity index (χ2n) is 12.8. The summed E-state index contributed by atoms with van der Waals surface area (Å²) in [4.78, 5) is 42.0. The first kappa shape index (κ1) is 32.6. The van der Waals surface area contributed by atoms with Crippen LogP contribution in [-0.2, 0) is 27.3 Å². The summed E-state index contributed by atoms with van der Waals surface area (Å²) in [5, 5.41) is 48.2. The Hall–Kier alpha value is -4.74. The number of aliphatic hydroxyl groups is 2. The molecule has 3 aliphatic rings. The number of aromatic hydroxyl groups is 1. The quantitative estimate of drug-likeness (QED) is 0.213. The van der Waals surface area contributed by atoms with E-state index in [1.165, 1.54) is 32.2 Å². The van der Waals surface area contributed by atoms with Gasteiger partial charge in [0.05, 0.1) is 41.4 Å². The lowest BCUT2D eigenvalue weighted by Crippen LogP contribution is -2.80. The Labute approximate surface area is 265 Å². The Morgan fingerprint density at radius 2 is 1.83 bits per heavy atom. The van der Waals surface area contributed by atoms with Crippen LogP contribution in [0.5, 0.6) is 11.5 Å². The summed E-state index contributed by atoms with van der Waals surface area (Å²) in [5.41, 5.74) is 13.7. The topological polar surface area (TPSA) is 238 Å². The van der Waals surface area contributed by atoms with Crippen LogP contribution in [0.25, 0.3) is 16.9 Å². The van der Waals surface area contributed by atoms with Crippen molar-refractivity contribution in [3.8, 4) is 28.7 Å². The Morgan fingerprint density at radius 3 is 2.39 bits per heavy atom. The molecule has 0 heterocycles. The first-order valence-electron chi connectivity index (χ1n) is 14.7. The van der Waals surface area contributed by atoms with Crippen LogP contribution in [0.15, 0.2) is 47.2 Å². The summed E-state index contributed by atoms with van der Waals surface area (Å²) in [6.45, 7) is 4.60. The Morgan fingerprint density at radius 1 is 1.15 bits per heavy atom. The van der Waals surface area contributed by atoms with E-state index in [0.29, 0.717) is 29.0 Å². The lowest BCUT2D eigenvalue weighted by molar-refractivity contribution is -0.139. The van der Waals surface area contributed by atoms with E-state index >= 15 is 0 Å². The number of hydrogen-bond acceptors (Lipinski definition) is 12. The van der Waals surface area contributed by atoms with Crippen molar-refractivity contribution < 1.29 is 34.4 Å². The fraction of sp³-hybridized carbons (Fsp3) is 0.394. The van der Waals surface area contributed by atoms with Gasteiger partial charge in [-0.15, -0.1) is 0 Å². The maximum Gasteiger partial charge on any atom is 0.255 e. The number of phenols is 1. The predicted molar refractivity (Wildman–Crippen MR) is 168 cm³/mol. The molecule has 46 heavy (non-hydrogen) atoms. The third-order valence-corrected chi connectivity index (χ3v) is 9.40. The van der Waals surface area contributed by atoms with Gasteiger partial charge in [-0.2, -0.15) is 5.26 Å². The van der Waals surface area contributed by atoms with Gasteiger partial charge in [-0.3, -0.25) is 19.3 Å². The van der Waals surface area contributed by atoms with Gasteiger partial charge in [0.1, 0.15) is 28.6 Å². The second kappa shape index (κ2) is 11.0. The van der Waals surface area contributed by atoms with Crippen LogP contribution in [0.1, 0.15) is 37.0 Å². The van der Waals surface area contributed by atoms with E-state index in [1.54, 1.807) is 18.2 Å². The van der Waals surface area contributed by atoms with Gasteiger partial charge in [-0.25, -0.2) is 0 Å². The first-order valence-corrected chi connectivity index (χ1v) is 14.7. The number of hydrogen-bond donors (Lipinski definition) is 7. The number of phenolic OH excluding ortho intramolecular Hbond substituents is 1. The van der Waals surface area contributed by atoms with Crippen molar-refractivity contribution in [1.82, 2.24) is 10.2 Å². The second-order valence-corrected chi connectivity index (χ2v) is 12.8. The van der Waals surface area contributed by atoms with Gasteiger partial charge in [0.15, 0.2) is 17.0 Å². The summed E-state index contributed by atoms with van der Waals surface area (Å²) in [6, 6.07) is 9.14. The first-order chi connectivity index (χ1) is 21.5. The average molecular weight is 631 g/mol. The largest absolute Gasteiger partial charge is 0.509 e. The smallest absolute Gasteiger partial charge is 0.255 e. The molecule has 242 valence electrons. The van der Waals surface area contributed by atoms with Crippen molar-refractivity contribution >= 4 is 23.2 Å². The Bertz CT molecular complexity index is 1810. The van der Waals surface area contributed by atoms with Gasteiger partial charge in [-0.05, 0) is 61.8 Å². The number of carbonyl (C=O) groups excluding carboxylic acids is 3. The minimum absolute atomic E-state index is 0.0954. The van der Waals surface area contributed by atoms with Crippen LogP contribution < -0.4 is 27.3 Å². The highest BCUT2D eigenvalue weighted by molar-refractivity contribution is 6.25. The van der Waals surface area contributed by atoms with Crippen molar-refractivity contribution in [2.45, 2.75) is 56.4 Å². The van der Waals surface area contributed by atoms with Gasteiger partial charge in [0.25, 0.3) is 5.91 Å². The summed E-state index contributed by atoms with van der Waals surface area (Å²) in [6.07, 6.45) is -0.635. The molecule has 13 heteroatoms. The van der Waals surface area contributed by atoms with E-state index in [1.807, 2.05) is 26.0 Å². The number of nitrogens with two attached hydrogens (primary N) is 3. The van der Waals surface area contributed by atoms with Crippen molar-refractivity contribution in [3.63, 3.8) is 0 Å². The highest BCUT2D eigenvalue weighted by atomic mass is 16.5. The van der Waals surface area contributed by atoms with Crippen LogP contribution in [0, 0.1) is 16.7 Å². The van der Waals surface area contributed by atoms with Crippen LogP contribution in [-0.4, -0.2) is 82.1 Å². The molecule has 2 aromatic carbocycles. The van der Waals surface area contributed by atoms with Crippen LogP contribution in [0.4, 0.5) is 0 Å². The van der Waals surface area contributed by atoms with Crippen molar-refractivity contribution in [1.29, 1.82) is 5.26 Å². The number of methoxy groups -OCH3 is 1. The third-order valence-electron chi connectivity index (χ3n) is 9.40. The molecule has 0 aliphatic heterocycles. The molecular formula is C33H38N6O7. The zero-order valence-corrected chi connectivity index (χ0v) is 26.3. The van der Waals surface area contributed by atoms with Gasteiger partial charge in [0, 0.05) is 18.2 Å². The number of fused-ring (bicyclic) bond motifs is 3. The fourth-order valence-electron chi connectivity index (χ4n) is 7.48. The highest BCUT2D eigenvalue weighted by Gasteiger charge is 2.74. The number of benzene rings is 2. The SMILES string of the molecule is COc1ccc(CNC(C)C)cc1-c1ccc(O)c2c1C[C@@]1(N)C[C@@]3(N)[C@H](N(C)C)C(=O)C(C(N)=O)=C(O)[C@@]3(C#N)C(=O)C1=C2O. The summed E-state index contributed by atoms with van der Waals surface area (Å²) >= 11 is 0. The van der Waals surface area contributed by atoms with E-state index < -0.39 is 69.1 Å². The normalized spacial score (nSPS) is 27.3. The number of ether oxygens (including phenoxy) is 1. The van der Waals surface area contributed by atoms with E-state index in [4.69, 9.17) is 21.9 Å². The number of nitriles is 1. The lowest BCUT2D eigenvalue weighted by Gasteiger charge is -2.58. The summed E-state index contributed by atoms with van der Waals surface area (Å²) in [7, 11) is 4.45. The number of ketones is 2. The third kappa shape index (κ3) is 4.33. The molecule has 0 spiro atoms. The number of nitrogens with zero attached hydrogens (tertiary/aromatic N) is 2. The maximum atomic E-state index is 14.6. The van der Waals surface area contributed by atoms with Crippen LogP contribution in [0.2, 0.25) is 0 Å². The fourth-order valence-corrected chi connectivity index (χ4v) is 7.48. The van der Waals surface area contributed by atoms with Gasteiger partial charge < -0.3 is 42.6 Å². The van der Waals surface area contributed by atoms with Gasteiger partial charge in [0.2, 0.25) is 0 Å². The molecule has 13 nitrogen and oxygen atoms in total. The molecule has 0 bridgehead atoms. The number of primary amides is 1. The molecule has 0 radical (unpaired) electrons. The number of nitrogens with one attached hydrogen (secondary N) is 1. The van der Waals surface area contributed by atoms with Crippen molar-refractivity contribution in [3.05, 3.63) is 63.9 Å². The molecule has 1 amide bonds. The van der Waals surface area contributed by atoms with Crippen molar-refractivity contribution in [2.24, 2.45) is 22.6 Å².